The minimum atomic E-state index is -0.837. The van der Waals surface area contributed by atoms with Gasteiger partial charge in [-0.3, -0.25) is 24.3 Å². The molecule has 256 valence electrons. The molecule has 0 aromatic heterocycles. The van der Waals surface area contributed by atoms with E-state index in [9.17, 15) is 18.8 Å². The maximum Gasteiger partial charge on any atom is 0.261 e. The number of carbonyl (C=O) groups excluding carboxylic acids is 3. The highest BCUT2D eigenvalue weighted by Gasteiger charge is 2.53. The van der Waals surface area contributed by atoms with Gasteiger partial charge in [0.05, 0.1) is 56.0 Å². The number of aliphatic imine (C=N–C) groups is 1. The van der Waals surface area contributed by atoms with Gasteiger partial charge in [0.25, 0.3) is 11.8 Å². The van der Waals surface area contributed by atoms with E-state index in [2.05, 4.69) is 10.3 Å². The van der Waals surface area contributed by atoms with Gasteiger partial charge in [-0.25, -0.2) is 4.39 Å². The molecule has 1 spiro atoms. The number of unbranched alkanes of at least 4 members (excludes halogenated alkanes) is 2. The number of nitrogens with one attached hydrogen (secondary N) is 1. The fourth-order valence-corrected chi connectivity index (χ4v) is 6.87. The van der Waals surface area contributed by atoms with E-state index in [-0.39, 0.29) is 23.4 Å². The van der Waals surface area contributed by atoms with Crippen molar-refractivity contribution in [3.8, 4) is 23.0 Å². The van der Waals surface area contributed by atoms with Crippen LogP contribution in [0.15, 0.2) is 53.5 Å². The maximum absolute atomic E-state index is 13.6. The number of fused-ring (bicyclic) bond motifs is 3. The van der Waals surface area contributed by atoms with Gasteiger partial charge in [0.2, 0.25) is 5.91 Å². The van der Waals surface area contributed by atoms with Crippen molar-refractivity contribution >= 4 is 41.0 Å². The molecule has 7 rings (SSSR count). The van der Waals surface area contributed by atoms with Gasteiger partial charge in [0.15, 0.2) is 23.0 Å². The number of carbonyl (C=O) groups is 3. The Bertz CT molecular complexity index is 1820. The van der Waals surface area contributed by atoms with Crippen LogP contribution in [-0.4, -0.2) is 74.9 Å². The molecule has 2 atom stereocenters. The van der Waals surface area contributed by atoms with Crippen molar-refractivity contribution in [3.63, 3.8) is 0 Å². The molecule has 3 aromatic carbocycles. The number of methoxy groups -OCH3 is 2. The molecule has 0 unspecified atom stereocenters. The highest BCUT2D eigenvalue weighted by Crippen LogP contribution is 2.55. The summed E-state index contributed by atoms with van der Waals surface area (Å²) in [5, 5.41) is 2.82. The Kier molecular flexibility index (Phi) is 8.64. The molecule has 1 saturated carbocycles. The second-order valence-electron chi connectivity index (χ2n) is 13.1. The number of rotatable bonds is 11. The lowest BCUT2D eigenvalue weighted by Crippen LogP contribution is -2.43. The third kappa shape index (κ3) is 6.27. The van der Waals surface area contributed by atoms with Crippen LogP contribution in [0.25, 0.3) is 0 Å². The SMILES string of the molecule is COc1cc2c(cc1OCCCCCOc1cc3c(cc1OC)C(=O)N(c1ccc(F)cc1)[C@@H](C)C(=O)N3)N=C[C@@H]1CC3(CC3)CN1C2=O. The van der Waals surface area contributed by atoms with Crippen molar-refractivity contribution in [2.75, 3.05) is 44.2 Å². The molecule has 1 N–H and O–H groups in total. The molecule has 0 bridgehead atoms. The summed E-state index contributed by atoms with van der Waals surface area (Å²) < 4.78 is 36.8. The quantitative estimate of drug-likeness (QED) is 0.243. The van der Waals surface area contributed by atoms with Crippen LogP contribution >= 0.6 is 0 Å². The Labute approximate surface area is 284 Å². The average Bonchev–Trinajstić information content (AvgIpc) is 3.80. The Morgan fingerprint density at radius 3 is 2.16 bits per heavy atom. The molecule has 12 heteroatoms. The van der Waals surface area contributed by atoms with E-state index in [1.807, 2.05) is 11.1 Å². The van der Waals surface area contributed by atoms with Crippen molar-refractivity contribution in [2.45, 2.75) is 57.5 Å². The van der Waals surface area contributed by atoms with Crippen LogP contribution in [0.5, 0.6) is 23.0 Å². The summed E-state index contributed by atoms with van der Waals surface area (Å²) in [6.07, 6.45) is 7.50. The van der Waals surface area contributed by atoms with Crippen LogP contribution < -0.4 is 29.2 Å². The minimum Gasteiger partial charge on any atom is -0.493 e. The summed E-state index contributed by atoms with van der Waals surface area (Å²) in [4.78, 5) is 48.0. The van der Waals surface area contributed by atoms with Gasteiger partial charge in [-0.1, -0.05) is 0 Å². The third-order valence-corrected chi connectivity index (χ3v) is 9.85. The topological polar surface area (TPSA) is 119 Å². The maximum atomic E-state index is 13.6. The van der Waals surface area contributed by atoms with E-state index in [1.165, 1.54) is 49.1 Å². The fraction of sp³-hybridized carbons (Fsp3) is 0.405. The van der Waals surface area contributed by atoms with Crippen molar-refractivity contribution in [3.05, 3.63) is 65.5 Å². The van der Waals surface area contributed by atoms with E-state index in [0.717, 1.165) is 25.8 Å². The molecule has 49 heavy (non-hydrogen) atoms. The number of anilines is 2. The number of nitrogens with zero attached hydrogens (tertiary/aromatic N) is 3. The van der Waals surface area contributed by atoms with Crippen LogP contribution in [0.3, 0.4) is 0 Å². The van der Waals surface area contributed by atoms with Gasteiger partial charge >= 0.3 is 0 Å². The largest absolute Gasteiger partial charge is 0.493 e. The Morgan fingerprint density at radius 2 is 1.51 bits per heavy atom. The van der Waals surface area contributed by atoms with Crippen molar-refractivity contribution < 1.29 is 37.7 Å². The Hall–Kier alpha value is -5.13. The first kappa shape index (κ1) is 32.4. The first-order chi connectivity index (χ1) is 23.7. The lowest BCUT2D eigenvalue weighted by molar-refractivity contribution is -0.117. The number of hydrogen-bond acceptors (Lipinski definition) is 8. The van der Waals surface area contributed by atoms with Crippen LogP contribution in [-0.2, 0) is 4.79 Å². The molecular weight excluding hydrogens is 631 g/mol. The first-order valence-corrected chi connectivity index (χ1v) is 16.6. The number of amides is 3. The molecular formula is C37H39FN4O7. The van der Waals surface area contributed by atoms with Crippen LogP contribution in [0.1, 0.15) is 66.2 Å². The van der Waals surface area contributed by atoms with Crippen LogP contribution in [0.4, 0.5) is 21.5 Å². The molecule has 3 amide bonds. The molecule has 3 aliphatic heterocycles. The van der Waals surface area contributed by atoms with E-state index in [4.69, 9.17) is 18.9 Å². The number of benzene rings is 3. The third-order valence-electron chi connectivity index (χ3n) is 9.85. The van der Waals surface area contributed by atoms with E-state index in [0.29, 0.717) is 70.7 Å². The van der Waals surface area contributed by atoms with Gasteiger partial charge in [-0.05, 0) is 87.3 Å². The zero-order valence-corrected chi connectivity index (χ0v) is 27.8. The lowest BCUT2D eigenvalue weighted by Gasteiger charge is -2.26. The summed E-state index contributed by atoms with van der Waals surface area (Å²) in [7, 11) is 3.05. The number of hydrogen-bond donors (Lipinski definition) is 1. The summed E-state index contributed by atoms with van der Waals surface area (Å²) in [5.41, 5.74) is 2.37. The Morgan fingerprint density at radius 1 is 0.857 bits per heavy atom. The zero-order valence-electron chi connectivity index (χ0n) is 27.8. The first-order valence-electron chi connectivity index (χ1n) is 16.6. The molecule has 0 radical (unpaired) electrons. The minimum absolute atomic E-state index is 0.00672. The van der Waals surface area contributed by atoms with Gasteiger partial charge in [0.1, 0.15) is 11.9 Å². The van der Waals surface area contributed by atoms with E-state index >= 15 is 0 Å². The van der Waals surface area contributed by atoms with Gasteiger partial charge in [-0.15, -0.1) is 0 Å². The summed E-state index contributed by atoms with van der Waals surface area (Å²) >= 11 is 0. The summed E-state index contributed by atoms with van der Waals surface area (Å²) in [5.74, 6) is 0.533. The second kappa shape index (κ2) is 13.1. The predicted molar refractivity (Wildman–Crippen MR) is 181 cm³/mol. The van der Waals surface area contributed by atoms with Gasteiger partial charge in [0, 0.05) is 30.6 Å². The number of halogens is 1. The normalized spacial score (nSPS) is 20.2. The van der Waals surface area contributed by atoms with Crippen molar-refractivity contribution in [1.82, 2.24) is 4.90 Å². The molecule has 3 aromatic rings. The van der Waals surface area contributed by atoms with Crippen molar-refractivity contribution in [2.24, 2.45) is 10.4 Å². The highest BCUT2D eigenvalue weighted by molar-refractivity contribution is 6.18. The molecule has 2 fully saturated rings. The second-order valence-corrected chi connectivity index (χ2v) is 13.1. The smallest absolute Gasteiger partial charge is 0.261 e. The molecule has 1 aliphatic carbocycles. The molecule has 11 nitrogen and oxygen atoms in total. The van der Waals surface area contributed by atoms with Gasteiger partial charge < -0.3 is 29.2 Å². The fourth-order valence-electron chi connectivity index (χ4n) is 6.87. The molecule has 4 aliphatic rings. The van der Waals surface area contributed by atoms with E-state index < -0.39 is 17.8 Å². The summed E-state index contributed by atoms with van der Waals surface area (Å²) in [6.45, 7) is 3.21. The molecule has 1 saturated heterocycles. The van der Waals surface area contributed by atoms with Crippen molar-refractivity contribution in [1.29, 1.82) is 0 Å². The summed E-state index contributed by atoms with van der Waals surface area (Å²) in [6, 6.07) is 11.3. The highest BCUT2D eigenvalue weighted by atomic mass is 19.1. The average molecular weight is 671 g/mol. The zero-order chi connectivity index (χ0) is 34.3. The lowest BCUT2D eigenvalue weighted by atomic mass is 10.0. The van der Waals surface area contributed by atoms with Gasteiger partial charge in [-0.2, -0.15) is 0 Å². The van der Waals surface area contributed by atoms with Crippen LogP contribution in [0, 0.1) is 11.2 Å². The predicted octanol–water partition coefficient (Wildman–Crippen LogP) is 6.17. The number of ether oxygens (including phenoxy) is 4. The standard InChI is InChI=1S/C37H39FN4O7/c1-22-34(43)40-29-18-33(31(47-3)16-27(29)36(45)42(22)24-9-7-23(38)8-10-24)49-14-6-4-5-13-48-32-17-28-26(15-30(32)46-2)35(44)41-21-37(11-12-37)19-25(41)20-39-28/h7-10,15-18,20,22,25H,4-6,11-14,19,21H2,1-3H3,(H,40,43)/t22-,25-/m0/s1. The monoisotopic (exact) mass is 670 g/mol. The molecule has 3 heterocycles. The van der Waals surface area contributed by atoms with Crippen LogP contribution in [0.2, 0.25) is 0 Å². The van der Waals surface area contributed by atoms with E-state index in [1.54, 1.807) is 38.3 Å². The Balaban J connectivity index is 0.945.